The van der Waals surface area contributed by atoms with E-state index in [-0.39, 0.29) is 5.97 Å². The number of nitrogens with zero attached hydrogens (tertiary/aromatic N) is 1. The fraction of sp³-hybridized carbons (Fsp3) is 0.286. The molecule has 2 aromatic rings. The van der Waals surface area contributed by atoms with Crippen molar-refractivity contribution in [1.82, 2.24) is 4.98 Å². The second-order valence-electron chi connectivity index (χ2n) is 4.38. The summed E-state index contributed by atoms with van der Waals surface area (Å²) in [6.45, 7) is 0. The van der Waals surface area contributed by atoms with Crippen LogP contribution in [-0.4, -0.2) is 18.1 Å². The van der Waals surface area contributed by atoms with Crippen LogP contribution in [-0.2, 0) is 4.74 Å². The Labute approximate surface area is 99.4 Å². The highest BCUT2D eigenvalue weighted by Gasteiger charge is 2.26. The number of hydrogen-bond donors (Lipinski definition) is 0. The molecule has 86 valence electrons. The Morgan fingerprint density at radius 2 is 2.12 bits per heavy atom. The molecule has 0 N–H and O–H groups in total. The van der Waals surface area contributed by atoms with Gasteiger partial charge in [-0.25, -0.2) is 4.79 Å². The largest absolute Gasteiger partial charge is 0.465 e. The first kappa shape index (κ1) is 10.3. The molecule has 1 aliphatic carbocycles. The van der Waals surface area contributed by atoms with E-state index < -0.39 is 0 Å². The molecule has 1 saturated carbocycles. The first-order chi connectivity index (χ1) is 8.29. The molecule has 0 radical (unpaired) electrons. The molecular formula is C14H13NO2. The van der Waals surface area contributed by atoms with Crippen molar-refractivity contribution in [1.29, 1.82) is 0 Å². The van der Waals surface area contributed by atoms with Crippen LogP contribution < -0.4 is 0 Å². The van der Waals surface area contributed by atoms with Gasteiger partial charge in [0.2, 0.25) is 0 Å². The molecule has 0 amide bonds. The molecule has 3 nitrogen and oxygen atoms in total. The maximum atomic E-state index is 11.8. The normalized spacial score (nSPS) is 14.9. The number of aromatic nitrogens is 1. The maximum absolute atomic E-state index is 11.8. The fourth-order valence-corrected chi connectivity index (χ4v) is 2.06. The molecule has 3 rings (SSSR count). The number of pyridine rings is 1. The van der Waals surface area contributed by atoms with Gasteiger partial charge in [0.15, 0.2) is 0 Å². The Bertz CT molecular complexity index is 588. The van der Waals surface area contributed by atoms with Crippen LogP contribution >= 0.6 is 0 Å². The molecule has 0 saturated heterocycles. The topological polar surface area (TPSA) is 39.2 Å². The van der Waals surface area contributed by atoms with Crippen LogP contribution in [0.1, 0.15) is 34.8 Å². The zero-order valence-electron chi connectivity index (χ0n) is 9.64. The lowest BCUT2D eigenvalue weighted by atomic mass is 10.1. The van der Waals surface area contributed by atoms with Gasteiger partial charge >= 0.3 is 5.97 Å². The van der Waals surface area contributed by atoms with Crippen molar-refractivity contribution in [2.75, 3.05) is 7.11 Å². The molecule has 0 aliphatic heterocycles. The Morgan fingerprint density at radius 1 is 1.35 bits per heavy atom. The average Bonchev–Trinajstić information content (AvgIpc) is 3.21. The van der Waals surface area contributed by atoms with Gasteiger partial charge in [0.05, 0.1) is 18.2 Å². The van der Waals surface area contributed by atoms with E-state index in [1.807, 2.05) is 30.3 Å². The van der Waals surface area contributed by atoms with E-state index in [1.165, 1.54) is 20.0 Å². The minimum absolute atomic E-state index is 0.287. The number of esters is 1. The molecule has 1 aliphatic rings. The van der Waals surface area contributed by atoms with Crippen molar-refractivity contribution in [3.05, 3.63) is 41.6 Å². The van der Waals surface area contributed by atoms with Crippen molar-refractivity contribution in [3.8, 4) is 0 Å². The Balaban J connectivity index is 2.25. The summed E-state index contributed by atoms with van der Waals surface area (Å²) in [5, 5.41) is 0.865. The van der Waals surface area contributed by atoms with E-state index in [2.05, 4.69) is 4.98 Å². The van der Waals surface area contributed by atoms with Crippen LogP contribution in [0.3, 0.4) is 0 Å². The smallest absolute Gasteiger partial charge is 0.338 e. The molecule has 0 bridgehead atoms. The summed E-state index contributed by atoms with van der Waals surface area (Å²) >= 11 is 0. The van der Waals surface area contributed by atoms with Gasteiger partial charge in [0, 0.05) is 17.0 Å². The van der Waals surface area contributed by atoms with Crippen LogP contribution in [0.5, 0.6) is 0 Å². The number of para-hydroxylation sites is 1. The molecule has 0 unspecified atom stereocenters. The van der Waals surface area contributed by atoms with Crippen molar-refractivity contribution < 1.29 is 9.53 Å². The van der Waals surface area contributed by atoms with Crippen molar-refractivity contribution in [3.63, 3.8) is 0 Å². The molecule has 1 fully saturated rings. The van der Waals surface area contributed by atoms with Crippen molar-refractivity contribution in [2.45, 2.75) is 18.8 Å². The third-order valence-electron chi connectivity index (χ3n) is 3.14. The second kappa shape index (κ2) is 3.84. The molecule has 1 heterocycles. The van der Waals surface area contributed by atoms with Crippen LogP contribution in [0.15, 0.2) is 30.3 Å². The highest BCUT2D eigenvalue weighted by atomic mass is 16.5. The number of benzene rings is 1. The zero-order chi connectivity index (χ0) is 11.8. The van der Waals surface area contributed by atoms with Crippen molar-refractivity contribution in [2.24, 2.45) is 0 Å². The molecular weight excluding hydrogens is 214 g/mol. The predicted molar refractivity (Wildman–Crippen MR) is 65.1 cm³/mol. The van der Waals surface area contributed by atoms with E-state index in [4.69, 9.17) is 4.74 Å². The molecule has 1 aromatic heterocycles. The van der Waals surface area contributed by atoms with Crippen LogP contribution in [0.4, 0.5) is 0 Å². The molecule has 3 heteroatoms. The van der Waals surface area contributed by atoms with Gasteiger partial charge in [-0.3, -0.25) is 4.98 Å². The summed E-state index contributed by atoms with van der Waals surface area (Å²) in [6, 6.07) is 9.57. The van der Waals surface area contributed by atoms with Gasteiger partial charge in [-0.2, -0.15) is 0 Å². The SMILES string of the molecule is COC(=O)c1cc(C2CC2)nc2ccccc12. The number of carbonyl (C=O) groups excluding carboxylic acids is 1. The minimum atomic E-state index is -0.287. The Hall–Kier alpha value is -1.90. The quantitative estimate of drug-likeness (QED) is 0.740. The van der Waals surface area contributed by atoms with Gasteiger partial charge in [-0.1, -0.05) is 18.2 Å². The summed E-state index contributed by atoms with van der Waals surface area (Å²) in [5.74, 6) is 0.244. The standard InChI is InChI=1S/C14H13NO2/c1-17-14(16)11-8-13(9-6-7-9)15-12-5-3-2-4-10(11)12/h2-5,8-9H,6-7H2,1H3. The zero-order valence-corrected chi connectivity index (χ0v) is 9.64. The van der Waals surface area contributed by atoms with Crippen LogP contribution in [0.25, 0.3) is 10.9 Å². The Kier molecular flexibility index (Phi) is 2.32. The summed E-state index contributed by atoms with van der Waals surface area (Å²) < 4.78 is 4.83. The number of rotatable bonds is 2. The predicted octanol–water partition coefficient (Wildman–Crippen LogP) is 2.90. The van der Waals surface area contributed by atoms with Gasteiger partial charge in [0.25, 0.3) is 0 Å². The second-order valence-corrected chi connectivity index (χ2v) is 4.38. The van der Waals surface area contributed by atoms with Crippen LogP contribution in [0.2, 0.25) is 0 Å². The fourth-order valence-electron chi connectivity index (χ4n) is 2.06. The van der Waals surface area contributed by atoms with E-state index in [9.17, 15) is 4.79 Å². The van der Waals surface area contributed by atoms with Gasteiger partial charge in [0.1, 0.15) is 0 Å². The lowest BCUT2D eigenvalue weighted by Gasteiger charge is -2.07. The van der Waals surface area contributed by atoms with Crippen molar-refractivity contribution >= 4 is 16.9 Å². The highest BCUT2D eigenvalue weighted by Crippen LogP contribution is 2.40. The molecule has 0 spiro atoms. The summed E-state index contributed by atoms with van der Waals surface area (Å²) in [6.07, 6.45) is 2.35. The number of methoxy groups -OCH3 is 1. The third kappa shape index (κ3) is 1.78. The van der Waals surface area contributed by atoms with E-state index >= 15 is 0 Å². The lowest BCUT2D eigenvalue weighted by molar-refractivity contribution is 0.0603. The van der Waals surface area contributed by atoms with Gasteiger partial charge < -0.3 is 4.74 Å². The number of carbonyl (C=O) groups is 1. The highest BCUT2D eigenvalue weighted by molar-refractivity contribution is 6.03. The summed E-state index contributed by atoms with van der Waals surface area (Å²) in [4.78, 5) is 16.4. The minimum Gasteiger partial charge on any atom is -0.465 e. The Morgan fingerprint density at radius 3 is 2.82 bits per heavy atom. The third-order valence-corrected chi connectivity index (χ3v) is 3.14. The number of ether oxygens (including phenoxy) is 1. The summed E-state index contributed by atoms with van der Waals surface area (Å²) in [7, 11) is 1.41. The first-order valence-corrected chi connectivity index (χ1v) is 5.77. The molecule has 17 heavy (non-hydrogen) atoms. The monoisotopic (exact) mass is 227 g/mol. The maximum Gasteiger partial charge on any atom is 0.338 e. The molecule has 0 atom stereocenters. The van der Waals surface area contributed by atoms with Crippen LogP contribution in [0, 0.1) is 0 Å². The van der Waals surface area contributed by atoms with Gasteiger partial charge in [-0.05, 0) is 25.0 Å². The van der Waals surface area contributed by atoms with E-state index in [0.29, 0.717) is 11.5 Å². The average molecular weight is 227 g/mol. The van der Waals surface area contributed by atoms with Gasteiger partial charge in [-0.15, -0.1) is 0 Å². The lowest BCUT2D eigenvalue weighted by Crippen LogP contribution is -2.04. The van der Waals surface area contributed by atoms with E-state index in [0.717, 1.165) is 16.6 Å². The summed E-state index contributed by atoms with van der Waals surface area (Å²) in [5.41, 5.74) is 2.52. The molecule has 1 aromatic carbocycles. The number of hydrogen-bond acceptors (Lipinski definition) is 3. The van der Waals surface area contributed by atoms with E-state index in [1.54, 1.807) is 0 Å². The first-order valence-electron chi connectivity index (χ1n) is 5.77. The number of fused-ring (bicyclic) bond motifs is 1.